The van der Waals surface area contributed by atoms with Crippen LogP contribution < -0.4 is 9.47 Å². The molecule has 2 fully saturated rings. The summed E-state index contributed by atoms with van der Waals surface area (Å²) in [4.78, 5) is 62.2. The van der Waals surface area contributed by atoms with Gasteiger partial charge in [-0.1, -0.05) is 95.6 Å². The minimum atomic E-state index is -1.31. The number of hydrogen-bond donors (Lipinski definition) is 2. The molecule has 0 spiro atoms. The molecule has 2 unspecified atom stereocenters. The number of carbonyl (C=O) groups excluding carboxylic acids is 4. The Bertz CT molecular complexity index is 2320. The van der Waals surface area contributed by atoms with Crippen molar-refractivity contribution in [3.8, 4) is 11.5 Å². The van der Waals surface area contributed by atoms with Crippen molar-refractivity contribution in [3.05, 3.63) is 83.6 Å². The second-order valence-corrected chi connectivity index (χ2v) is 25.7. The van der Waals surface area contributed by atoms with Crippen LogP contribution in [0.2, 0.25) is 0 Å². The van der Waals surface area contributed by atoms with Gasteiger partial charge < -0.3 is 48.1 Å². The van der Waals surface area contributed by atoms with Gasteiger partial charge in [-0.15, -0.1) is 0 Å². The molecule has 0 radical (unpaired) electrons. The molecule has 15 heteroatoms. The van der Waals surface area contributed by atoms with Crippen LogP contribution in [0.15, 0.2) is 72.5 Å². The van der Waals surface area contributed by atoms with Crippen LogP contribution >= 0.6 is 0 Å². The van der Waals surface area contributed by atoms with Gasteiger partial charge in [-0.25, -0.2) is 0 Å². The lowest BCUT2D eigenvalue weighted by Crippen LogP contribution is -2.43. The zero-order valence-corrected chi connectivity index (χ0v) is 55.5. The summed E-state index contributed by atoms with van der Waals surface area (Å²) in [5, 5.41) is 20.0. The van der Waals surface area contributed by atoms with E-state index in [1.807, 2.05) is 0 Å². The maximum Gasteiger partial charge on any atom is 0.316 e. The summed E-state index contributed by atoms with van der Waals surface area (Å²) in [6.45, 7) is 7.94. The van der Waals surface area contributed by atoms with E-state index in [2.05, 4.69) is 62.4 Å². The molecule has 2 saturated carbocycles. The Morgan fingerprint density at radius 2 is 0.789 bits per heavy atom. The maximum absolute atomic E-state index is 13.1. The lowest BCUT2D eigenvalue weighted by molar-refractivity contribution is -0.154. The summed E-state index contributed by atoms with van der Waals surface area (Å²) in [5.74, 6) is 2.90. The van der Waals surface area contributed by atoms with Gasteiger partial charge in [-0.05, 0) is 232 Å². The van der Waals surface area contributed by atoms with E-state index in [9.17, 15) is 34.2 Å². The average Bonchev–Trinajstić information content (AvgIpc) is 1.13. The van der Waals surface area contributed by atoms with E-state index in [1.165, 1.54) is 88.2 Å². The fourth-order valence-corrected chi connectivity index (χ4v) is 12.9. The van der Waals surface area contributed by atoms with Crippen molar-refractivity contribution >= 4 is 29.8 Å². The fraction of sp³-hybridized carbons (Fsp3) is 0.720. The number of allylic oxidation sites excluding steroid dienone is 1. The lowest BCUT2D eigenvalue weighted by atomic mass is 9.74. The quantitative estimate of drug-likeness (QED) is 0.0360. The van der Waals surface area contributed by atoms with Crippen LogP contribution in [-0.2, 0) is 52.4 Å². The first kappa shape index (κ1) is 75.3. The molecule has 2 aromatic rings. The molecule has 0 amide bonds. The summed E-state index contributed by atoms with van der Waals surface area (Å²) in [5.41, 5.74) is 1.56. The Hall–Kier alpha value is -5.41. The molecule has 3 aliphatic carbocycles. The molecule has 2 aromatic carbocycles. The Labute approximate surface area is 540 Å². The van der Waals surface area contributed by atoms with Gasteiger partial charge in [0.15, 0.2) is 0 Å². The van der Waals surface area contributed by atoms with Crippen molar-refractivity contribution in [1.82, 2.24) is 0 Å². The molecule has 3 aliphatic rings. The van der Waals surface area contributed by atoms with Crippen LogP contribution in [0.4, 0.5) is 0 Å². The number of hydrogen-bond acceptors (Lipinski definition) is 14. The van der Waals surface area contributed by atoms with E-state index in [-0.39, 0.29) is 45.5 Å². The normalized spacial score (nSPS) is 19.8. The number of carbonyl (C=O) groups is 5. The number of aliphatic hydroxyl groups excluding tert-OH is 1. The summed E-state index contributed by atoms with van der Waals surface area (Å²) >= 11 is 0. The average molecular weight is 1260 g/mol. The number of ether oxygens (including phenoxy) is 8. The number of unbranched alkanes of at least 4 members (excludes halogenated alkanes) is 15. The molecule has 0 aromatic heterocycles. The zero-order valence-electron chi connectivity index (χ0n) is 55.5. The first-order valence-corrected chi connectivity index (χ1v) is 35.6. The minimum absolute atomic E-state index is 0.00520. The highest BCUT2D eigenvalue weighted by atomic mass is 16.5. The smallest absolute Gasteiger partial charge is 0.316 e. The van der Waals surface area contributed by atoms with Gasteiger partial charge in [0.25, 0.3) is 0 Å². The summed E-state index contributed by atoms with van der Waals surface area (Å²) in [6, 6.07) is 17.4. The number of rotatable bonds is 51. The van der Waals surface area contributed by atoms with E-state index in [0.29, 0.717) is 95.8 Å². The monoisotopic (exact) mass is 1260 g/mol. The number of benzene rings is 2. The number of carboxylic acid groups (broad SMARTS) is 1. The molecule has 15 nitrogen and oxygen atoms in total. The standard InChI is InChI=1S/C75H116O15/c1-3-25-60-27-31-62(32-28-60)64-35-39-66(40-36-64)83-51-17-7-11-21-55-87-70(77)45-46-72(79)89-57-23-13-9-19-53-85-68-43-44-69(75(59-68,74(81)82)49-15-5-6-16-50-76)86-54-20-10-14-24-58-90-73(80)48-47-71(78)88-56-22-12-8-18-52-84-67-41-37-65(38-42-67)63-33-29-61(26-4-2)30-34-63/h35-44,59-63,69,76H,3-34,45-58H2,1-2H3,(H,81,82). The highest BCUT2D eigenvalue weighted by Crippen LogP contribution is 2.41. The first-order chi connectivity index (χ1) is 44.0. The van der Waals surface area contributed by atoms with Gasteiger partial charge >= 0.3 is 29.8 Å². The van der Waals surface area contributed by atoms with Gasteiger partial charge in [0, 0.05) is 13.2 Å². The molecule has 5 rings (SSSR count). The van der Waals surface area contributed by atoms with E-state index >= 15 is 0 Å². The maximum atomic E-state index is 13.1. The highest BCUT2D eigenvalue weighted by Gasteiger charge is 2.46. The fourth-order valence-electron chi connectivity index (χ4n) is 12.9. The zero-order chi connectivity index (χ0) is 64.1. The second-order valence-electron chi connectivity index (χ2n) is 25.7. The highest BCUT2D eigenvalue weighted by molar-refractivity contribution is 5.79. The van der Waals surface area contributed by atoms with E-state index in [4.69, 9.17) is 37.9 Å². The molecule has 2 atom stereocenters. The predicted octanol–water partition coefficient (Wildman–Crippen LogP) is 17.1. The molecule has 0 saturated heterocycles. The summed E-state index contributed by atoms with van der Waals surface area (Å²) in [7, 11) is 0. The van der Waals surface area contributed by atoms with E-state index < -0.39 is 41.4 Å². The number of carboxylic acids is 1. The SMILES string of the molecule is CCCC1CCC(c2ccc(OCCCCCCOC(=O)CCC(=O)OCCCCCCOC3=CC(CCCCCCO)(C(=O)O)C(OCCCCCCOC(=O)CCC(=O)OCCCCCCOc4ccc(C5CCC(CCC)CC5)cc4)C=C3)cc2)CC1. The summed E-state index contributed by atoms with van der Waals surface area (Å²) < 4.78 is 45.7. The minimum Gasteiger partial charge on any atom is -0.494 e. The first-order valence-electron chi connectivity index (χ1n) is 35.6. The Balaban J connectivity index is 0.820. The summed E-state index contributed by atoms with van der Waals surface area (Å²) in [6.07, 6.45) is 36.9. The number of aliphatic hydroxyl groups is 1. The van der Waals surface area contributed by atoms with Gasteiger partial charge in [0.1, 0.15) is 22.7 Å². The van der Waals surface area contributed by atoms with Gasteiger partial charge in [-0.3, -0.25) is 24.0 Å². The molecular weight excluding hydrogens is 1140 g/mol. The Morgan fingerprint density at radius 3 is 1.17 bits per heavy atom. The van der Waals surface area contributed by atoms with Gasteiger partial charge in [0.05, 0.1) is 78.0 Å². The van der Waals surface area contributed by atoms with Crippen LogP contribution in [0.25, 0.3) is 0 Å². The topological polar surface area (TPSA) is 200 Å². The van der Waals surface area contributed by atoms with Crippen LogP contribution in [0.3, 0.4) is 0 Å². The van der Waals surface area contributed by atoms with Crippen molar-refractivity contribution in [2.75, 3.05) is 59.5 Å². The van der Waals surface area contributed by atoms with Crippen LogP contribution in [0, 0.1) is 17.3 Å². The number of aliphatic carboxylic acids is 1. The van der Waals surface area contributed by atoms with Crippen molar-refractivity contribution in [2.45, 2.75) is 269 Å². The molecule has 0 heterocycles. The molecule has 90 heavy (non-hydrogen) atoms. The largest absolute Gasteiger partial charge is 0.494 e. The van der Waals surface area contributed by atoms with Crippen molar-refractivity contribution in [2.24, 2.45) is 17.3 Å². The Kier molecular flexibility index (Phi) is 39.0. The van der Waals surface area contributed by atoms with Crippen molar-refractivity contribution in [3.63, 3.8) is 0 Å². The van der Waals surface area contributed by atoms with Crippen molar-refractivity contribution in [1.29, 1.82) is 0 Å². The van der Waals surface area contributed by atoms with E-state index in [0.717, 1.165) is 120 Å². The van der Waals surface area contributed by atoms with Crippen LogP contribution in [0.1, 0.15) is 274 Å². The molecule has 0 bridgehead atoms. The third-order valence-corrected chi connectivity index (χ3v) is 18.4. The molecule has 0 aliphatic heterocycles. The van der Waals surface area contributed by atoms with Crippen LogP contribution in [-0.4, -0.2) is 106 Å². The Morgan fingerprint density at radius 1 is 0.433 bits per heavy atom. The van der Waals surface area contributed by atoms with Crippen LogP contribution in [0.5, 0.6) is 11.5 Å². The molecule has 506 valence electrons. The molecular formula is C75H116O15. The third-order valence-electron chi connectivity index (χ3n) is 18.4. The lowest BCUT2D eigenvalue weighted by Gasteiger charge is -2.36. The third kappa shape index (κ3) is 31.3. The molecule has 2 N–H and O–H groups in total. The van der Waals surface area contributed by atoms with Crippen molar-refractivity contribution < 1.29 is 72.1 Å². The number of esters is 4. The predicted molar refractivity (Wildman–Crippen MR) is 352 cm³/mol. The second kappa shape index (κ2) is 46.6. The van der Waals surface area contributed by atoms with Gasteiger partial charge in [0.2, 0.25) is 0 Å². The van der Waals surface area contributed by atoms with Gasteiger partial charge in [-0.2, -0.15) is 0 Å². The van der Waals surface area contributed by atoms with E-state index in [1.54, 1.807) is 18.2 Å².